The summed E-state index contributed by atoms with van der Waals surface area (Å²) in [5.74, 6) is 0. The lowest BCUT2D eigenvalue weighted by Gasteiger charge is -2.04. The van der Waals surface area contributed by atoms with E-state index in [1.54, 1.807) is 7.11 Å². The average molecular weight is 177 g/mol. The van der Waals surface area contributed by atoms with Crippen molar-refractivity contribution in [3.8, 4) is 0 Å². The topological polar surface area (TPSA) is 67.8 Å². The molecule has 72 valence electrons. The van der Waals surface area contributed by atoms with E-state index in [0.717, 1.165) is 6.42 Å². The summed E-state index contributed by atoms with van der Waals surface area (Å²) in [6, 6.07) is 0. The molecule has 0 fully saturated rings. The van der Waals surface area contributed by atoms with Gasteiger partial charge < -0.3 is 19.9 Å². The van der Waals surface area contributed by atoms with Crippen LogP contribution in [0.2, 0.25) is 0 Å². The van der Waals surface area contributed by atoms with Crippen LogP contribution in [0, 0.1) is 0 Å². The number of hydrogen-bond acceptors (Lipinski definition) is 4. The van der Waals surface area contributed by atoms with Crippen molar-refractivity contribution in [2.45, 2.75) is 6.42 Å². The van der Waals surface area contributed by atoms with Gasteiger partial charge in [-0.2, -0.15) is 0 Å². The molecular weight excluding hydrogens is 162 g/mol. The molecule has 0 unspecified atom stereocenters. The van der Waals surface area contributed by atoms with E-state index in [-0.39, 0.29) is 13.2 Å². The van der Waals surface area contributed by atoms with E-state index in [9.17, 15) is 4.79 Å². The standard InChI is InChI=1S/C7H15NO4/c1-11-5-2-3-8-7(10)12-6-4-9/h9H,2-6H2,1H3,(H,8,10). The monoisotopic (exact) mass is 177 g/mol. The van der Waals surface area contributed by atoms with Crippen molar-refractivity contribution in [3.63, 3.8) is 0 Å². The summed E-state index contributed by atoms with van der Waals surface area (Å²) < 4.78 is 9.30. The van der Waals surface area contributed by atoms with Gasteiger partial charge in [-0.15, -0.1) is 0 Å². The Labute approximate surface area is 71.7 Å². The Bertz CT molecular complexity index is 118. The number of aliphatic hydroxyl groups is 1. The summed E-state index contributed by atoms with van der Waals surface area (Å²) in [4.78, 5) is 10.7. The summed E-state index contributed by atoms with van der Waals surface area (Å²) >= 11 is 0. The number of rotatable bonds is 6. The van der Waals surface area contributed by atoms with Crippen LogP contribution in [-0.2, 0) is 9.47 Å². The Morgan fingerprint density at radius 1 is 1.50 bits per heavy atom. The third kappa shape index (κ3) is 7.30. The SMILES string of the molecule is COCCCNC(=O)OCCO. The van der Waals surface area contributed by atoms with Crippen molar-refractivity contribution in [3.05, 3.63) is 0 Å². The molecule has 0 aromatic rings. The molecule has 12 heavy (non-hydrogen) atoms. The highest BCUT2D eigenvalue weighted by Gasteiger charge is 1.98. The van der Waals surface area contributed by atoms with Gasteiger partial charge in [0.2, 0.25) is 0 Å². The maximum atomic E-state index is 10.7. The molecule has 0 atom stereocenters. The van der Waals surface area contributed by atoms with Gasteiger partial charge in [-0.25, -0.2) is 4.79 Å². The fourth-order valence-electron chi connectivity index (χ4n) is 0.596. The van der Waals surface area contributed by atoms with Crippen LogP contribution < -0.4 is 5.32 Å². The first kappa shape index (κ1) is 11.2. The molecule has 5 nitrogen and oxygen atoms in total. The first-order valence-corrected chi connectivity index (χ1v) is 3.81. The van der Waals surface area contributed by atoms with E-state index in [1.165, 1.54) is 0 Å². The molecule has 0 rings (SSSR count). The summed E-state index contributed by atoms with van der Waals surface area (Å²) in [5.41, 5.74) is 0. The van der Waals surface area contributed by atoms with E-state index in [4.69, 9.17) is 9.84 Å². The average Bonchev–Trinajstić information content (AvgIpc) is 2.09. The molecule has 0 aromatic carbocycles. The summed E-state index contributed by atoms with van der Waals surface area (Å²) in [5, 5.41) is 10.8. The molecule has 0 saturated carbocycles. The molecule has 0 aliphatic heterocycles. The molecule has 0 heterocycles. The molecule has 0 spiro atoms. The lowest BCUT2D eigenvalue weighted by Crippen LogP contribution is -2.26. The second-order valence-corrected chi connectivity index (χ2v) is 2.13. The fraction of sp³-hybridized carbons (Fsp3) is 0.857. The van der Waals surface area contributed by atoms with Crippen LogP contribution in [0.1, 0.15) is 6.42 Å². The van der Waals surface area contributed by atoms with Crippen LogP contribution in [0.3, 0.4) is 0 Å². The van der Waals surface area contributed by atoms with Gasteiger partial charge in [0.25, 0.3) is 0 Å². The van der Waals surface area contributed by atoms with Crippen LogP contribution >= 0.6 is 0 Å². The molecular formula is C7H15NO4. The fourth-order valence-corrected chi connectivity index (χ4v) is 0.596. The highest BCUT2D eigenvalue weighted by atomic mass is 16.6. The van der Waals surface area contributed by atoms with Crippen molar-refractivity contribution in [1.29, 1.82) is 0 Å². The van der Waals surface area contributed by atoms with Crippen LogP contribution in [0.25, 0.3) is 0 Å². The van der Waals surface area contributed by atoms with Gasteiger partial charge in [0.05, 0.1) is 6.61 Å². The smallest absolute Gasteiger partial charge is 0.407 e. The maximum Gasteiger partial charge on any atom is 0.407 e. The lowest BCUT2D eigenvalue weighted by atomic mass is 10.4. The zero-order chi connectivity index (χ0) is 9.23. The largest absolute Gasteiger partial charge is 0.447 e. The van der Waals surface area contributed by atoms with E-state index in [0.29, 0.717) is 13.2 Å². The summed E-state index contributed by atoms with van der Waals surface area (Å²) in [6.45, 7) is 1.03. The third-order valence-electron chi connectivity index (χ3n) is 1.12. The number of carbonyl (C=O) groups excluding carboxylic acids is 1. The zero-order valence-corrected chi connectivity index (χ0v) is 7.21. The minimum Gasteiger partial charge on any atom is -0.447 e. The summed E-state index contributed by atoms with van der Waals surface area (Å²) in [7, 11) is 1.60. The van der Waals surface area contributed by atoms with Gasteiger partial charge in [-0.3, -0.25) is 0 Å². The third-order valence-corrected chi connectivity index (χ3v) is 1.12. The predicted octanol–water partition coefficient (Wildman–Crippen LogP) is -0.259. The Hall–Kier alpha value is -0.810. The number of ether oxygens (including phenoxy) is 2. The van der Waals surface area contributed by atoms with Gasteiger partial charge in [0.1, 0.15) is 6.61 Å². The van der Waals surface area contributed by atoms with Gasteiger partial charge in [-0.1, -0.05) is 0 Å². The molecule has 5 heteroatoms. The molecule has 0 aromatic heterocycles. The quantitative estimate of drug-likeness (QED) is 0.548. The van der Waals surface area contributed by atoms with E-state index in [2.05, 4.69) is 10.1 Å². The van der Waals surface area contributed by atoms with Crippen molar-refractivity contribution >= 4 is 6.09 Å². The predicted molar refractivity (Wildman–Crippen MR) is 42.9 cm³/mol. The molecule has 1 amide bonds. The maximum absolute atomic E-state index is 10.7. The van der Waals surface area contributed by atoms with Crippen LogP contribution in [0.5, 0.6) is 0 Å². The van der Waals surface area contributed by atoms with Crippen molar-refractivity contribution < 1.29 is 19.4 Å². The Morgan fingerprint density at radius 3 is 2.83 bits per heavy atom. The molecule has 2 N–H and O–H groups in total. The van der Waals surface area contributed by atoms with E-state index in [1.807, 2.05) is 0 Å². The number of hydrogen-bond donors (Lipinski definition) is 2. The lowest BCUT2D eigenvalue weighted by molar-refractivity contribution is 0.118. The van der Waals surface area contributed by atoms with Gasteiger partial charge in [0.15, 0.2) is 0 Å². The van der Waals surface area contributed by atoms with Crippen LogP contribution in [-0.4, -0.2) is 44.7 Å². The van der Waals surface area contributed by atoms with E-state index >= 15 is 0 Å². The number of nitrogens with one attached hydrogen (secondary N) is 1. The number of alkyl carbamates (subject to hydrolysis) is 1. The van der Waals surface area contributed by atoms with Gasteiger partial charge in [-0.05, 0) is 6.42 Å². The molecule has 0 aliphatic rings. The van der Waals surface area contributed by atoms with Crippen LogP contribution in [0.15, 0.2) is 0 Å². The minimum atomic E-state index is -0.500. The van der Waals surface area contributed by atoms with E-state index < -0.39 is 6.09 Å². The number of amides is 1. The Morgan fingerprint density at radius 2 is 2.25 bits per heavy atom. The Kier molecular flexibility index (Phi) is 7.73. The first-order valence-electron chi connectivity index (χ1n) is 3.81. The molecule has 0 radical (unpaired) electrons. The molecule has 0 bridgehead atoms. The van der Waals surface area contributed by atoms with Crippen molar-refractivity contribution in [2.24, 2.45) is 0 Å². The molecule has 0 aliphatic carbocycles. The van der Waals surface area contributed by atoms with Gasteiger partial charge >= 0.3 is 6.09 Å². The van der Waals surface area contributed by atoms with Crippen molar-refractivity contribution in [1.82, 2.24) is 5.32 Å². The zero-order valence-electron chi connectivity index (χ0n) is 7.21. The molecule has 0 saturated heterocycles. The normalized spacial score (nSPS) is 9.50. The number of methoxy groups -OCH3 is 1. The Balaban J connectivity index is 3.08. The van der Waals surface area contributed by atoms with Gasteiger partial charge in [0, 0.05) is 20.3 Å². The first-order chi connectivity index (χ1) is 5.81. The summed E-state index contributed by atoms with van der Waals surface area (Å²) in [6.07, 6.45) is 0.255. The second-order valence-electron chi connectivity index (χ2n) is 2.13. The number of aliphatic hydroxyl groups excluding tert-OH is 1. The highest BCUT2D eigenvalue weighted by molar-refractivity contribution is 5.66. The minimum absolute atomic E-state index is 0.0378. The highest BCUT2D eigenvalue weighted by Crippen LogP contribution is 1.80. The number of carbonyl (C=O) groups is 1. The van der Waals surface area contributed by atoms with Crippen LogP contribution in [0.4, 0.5) is 4.79 Å². The second kappa shape index (κ2) is 8.29. The van der Waals surface area contributed by atoms with Crippen molar-refractivity contribution in [2.75, 3.05) is 33.5 Å².